The van der Waals surface area contributed by atoms with E-state index in [2.05, 4.69) is 60.4 Å². The van der Waals surface area contributed by atoms with Crippen LogP contribution in [0.4, 0.5) is 0 Å². The third-order valence-electron chi connectivity index (χ3n) is 5.37. The minimum atomic E-state index is -2.98. The maximum Gasteiger partial charge on any atom is 0.160 e. The fourth-order valence-electron chi connectivity index (χ4n) is 3.87. The number of aryl methyl sites for hydroxylation is 2. The molecule has 0 bridgehead atoms. The van der Waals surface area contributed by atoms with Crippen molar-refractivity contribution in [2.75, 3.05) is 17.3 Å². The number of benzene rings is 2. The quantitative estimate of drug-likeness (QED) is 0.677. The molecule has 0 radical (unpaired) electrons. The van der Waals surface area contributed by atoms with Gasteiger partial charge in [0.05, 0.1) is 23.6 Å². The van der Waals surface area contributed by atoms with Crippen LogP contribution < -0.4 is 0 Å². The maximum absolute atomic E-state index is 12.1. The van der Waals surface area contributed by atoms with Gasteiger partial charge < -0.3 is 4.90 Å². The van der Waals surface area contributed by atoms with E-state index in [9.17, 15) is 8.42 Å². The van der Waals surface area contributed by atoms with E-state index in [1.54, 1.807) is 11.8 Å². The summed E-state index contributed by atoms with van der Waals surface area (Å²) in [6.07, 6.45) is 2.14. The molecule has 2 aliphatic heterocycles. The zero-order chi connectivity index (χ0) is 19.6. The van der Waals surface area contributed by atoms with Crippen molar-refractivity contribution in [3.05, 3.63) is 71.3 Å². The van der Waals surface area contributed by atoms with E-state index in [4.69, 9.17) is 4.99 Å². The predicted molar refractivity (Wildman–Crippen MR) is 118 cm³/mol. The van der Waals surface area contributed by atoms with E-state index in [0.29, 0.717) is 0 Å². The number of nitrogens with zero attached hydrogens (tertiary/aromatic N) is 2. The molecule has 2 heterocycles. The van der Waals surface area contributed by atoms with Crippen molar-refractivity contribution in [3.8, 4) is 0 Å². The van der Waals surface area contributed by atoms with Crippen LogP contribution in [0.1, 0.15) is 23.1 Å². The Morgan fingerprint density at radius 2 is 1.79 bits per heavy atom. The first-order valence-electron chi connectivity index (χ1n) is 9.77. The van der Waals surface area contributed by atoms with Crippen LogP contribution in [0.15, 0.2) is 59.6 Å². The number of thioether (sulfide) groups is 1. The van der Waals surface area contributed by atoms with E-state index in [1.165, 1.54) is 16.7 Å². The van der Waals surface area contributed by atoms with Crippen molar-refractivity contribution < 1.29 is 8.42 Å². The monoisotopic (exact) mass is 414 g/mol. The van der Waals surface area contributed by atoms with Crippen molar-refractivity contribution in [2.24, 2.45) is 4.99 Å². The largest absolute Gasteiger partial charge is 0.341 e. The molecule has 148 valence electrons. The van der Waals surface area contributed by atoms with Gasteiger partial charge in [-0.25, -0.2) is 8.42 Å². The molecule has 2 aromatic carbocycles. The van der Waals surface area contributed by atoms with Crippen LogP contribution in [-0.4, -0.2) is 47.8 Å². The van der Waals surface area contributed by atoms with Crippen molar-refractivity contribution in [1.82, 2.24) is 4.90 Å². The molecule has 0 aliphatic carbocycles. The lowest BCUT2D eigenvalue weighted by Crippen LogP contribution is -2.38. The summed E-state index contributed by atoms with van der Waals surface area (Å²) in [7, 11) is -2.98. The summed E-state index contributed by atoms with van der Waals surface area (Å²) in [5.74, 6) is 1.40. The fourth-order valence-corrected chi connectivity index (χ4v) is 6.79. The average Bonchev–Trinajstić information content (AvgIpc) is 3.14. The van der Waals surface area contributed by atoms with Gasteiger partial charge in [-0.05, 0) is 30.9 Å². The molecular weight excluding hydrogens is 388 g/mol. The third kappa shape index (κ3) is 4.61. The second-order valence-electron chi connectivity index (χ2n) is 7.67. The molecule has 0 N–H and O–H groups in total. The smallest absolute Gasteiger partial charge is 0.160 e. The van der Waals surface area contributed by atoms with Crippen LogP contribution >= 0.6 is 11.8 Å². The zero-order valence-corrected chi connectivity index (χ0v) is 17.8. The van der Waals surface area contributed by atoms with Gasteiger partial charge in [0.1, 0.15) is 0 Å². The first kappa shape index (κ1) is 19.5. The van der Waals surface area contributed by atoms with Crippen LogP contribution in [0.25, 0.3) is 0 Å². The van der Waals surface area contributed by atoms with Crippen LogP contribution in [0, 0.1) is 6.92 Å². The second kappa shape index (κ2) is 8.29. The van der Waals surface area contributed by atoms with Gasteiger partial charge in [0, 0.05) is 12.3 Å². The molecule has 1 saturated heterocycles. The number of rotatable bonds is 6. The van der Waals surface area contributed by atoms with Gasteiger partial charge in [-0.15, -0.1) is 0 Å². The Bertz CT molecular complexity index is 940. The summed E-state index contributed by atoms with van der Waals surface area (Å²) in [4.78, 5) is 7.04. The van der Waals surface area contributed by atoms with Gasteiger partial charge >= 0.3 is 0 Å². The average molecular weight is 415 g/mol. The lowest BCUT2D eigenvalue weighted by atomic mass is 10.1. The summed E-state index contributed by atoms with van der Waals surface area (Å²) in [6.45, 7) is 2.80. The Labute approximate surface area is 172 Å². The Hall–Kier alpha value is -1.79. The van der Waals surface area contributed by atoms with E-state index in [0.717, 1.165) is 30.3 Å². The van der Waals surface area contributed by atoms with Crippen LogP contribution in [0.3, 0.4) is 0 Å². The highest BCUT2D eigenvalue weighted by molar-refractivity contribution is 8.13. The normalized spacial score (nSPS) is 22.9. The topological polar surface area (TPSA) is 49.7 Å². The molecule has 4 nitrogen and oxygen atoms in total. The summed E-state index contributed by atoms with van der Waals surface area (Å²) in [6, 6.07) is 18.9. The Balaban J connectivity index is 1.42. The Morgan fingerprint density at radius 1 is 1.04 bits per heavy atom. The molecule has 4 rings (SSSR count). The van der Waals surface area contributed by atoms with E-state index < -0.39 is 9.84 Å². The van der Waals surface area contributed by atoms with Crippen molar-refractivity contribution >= 4 is 26.8 Å². The number of hydrogen-bond acceptors (Lipinski definition) is 5. The number of aliphatic imine (C=N–C) groups is 1. The van der Waals surface area contributed by atoms with Crippen molar-refractivity contribution in [2.45, 2.75) is 38.4 Å². The van der Waals surface area contributed by atoms with E-state index >= 15 is 0 Å². The minimum Gasteiger partial charge on any atom is -0.341 e. The Kier molecular flexibility index (Phi) is 5.78. The minimum absolute atomic E-state index is 0.0112. The predicted octanol–water partition coefficient (Wildman–Crippen LogP) is 3.70. The molecular formula is C22H26N2O2S2. The molecule has 1 fully saturated rings. The number of amidine groups is 1. The first-order valence-corrected chi connectivity index (χ1v) is 12.6. The summed E-state index contributed by atoms with van der Waals surface area (Å²) in [5.41, 5.74) is 3.79. The highest BCUT2D eigenvalue weighted by atomic mass is 32.2. The first-order chi connectivity index (χ1) is 13.5. The van der Waals surface area contributed by atoms with Gasteiger partial charge in [0.15, 0.2) is 15.0 Å². The molecule has 2 aliphatic rings. The van der Waals surface area contributed by atoms with E-state index in [-0.39, 0.29) is 23.6 Å². The second-order valence-corrected chi connectivity index (χ2v) is 10.9. The molecule has 6 heteroatoms. The number of fused-ring (bicyclic) bond motifs is 1. The fraction of sp³-hybridized carbons (Fsp3) is 0.409. The Morgan fingerprint density at radius 3 is 2.54 bits per heavy atom. The highest BCUT2D eigenvalue weighted by Crippen LogP contribution is 2.32. The summed E-state index contributed by atoms with van der Waals surface area (Å²) >= 11 is 1.77. The summed E-state index contributed by atoms with van der Waals surface area (Å²) in [5, 5.41) is 1.01. The molecule has 0 saturated carbocycles. The lowest BCUT2D eigenvalue weighted by molar-refractivity contribution is 0.343. The van der Waals surface area contributed by atoms with Crippen molar-refractivity contribution in [1.29, 1.82) is 0 Å². The SMILES string of the molecule is Cc1ccc(CN2C(SCCCc3ccccc3)=N[C@@H]3CS(=O)(=O)C[C@H]32)cc1. The molecule has 0 spiro atoms. The van der Waals surface area contributed by atoms with Gasteiger partial charge in [-0.2, -0.15) is 0 Å². The van der Waals surface area contributed by atoms with Gasteiger partial charge in [-0.1, -0.05) is 71.9 Å². The van der Waals surface area contributed by atoms with E-state index in [1.807, 2.05) is 6.07 Å². The lowest BCUT2D eigenvalue weighted by Gasteiger charge is -2.26. The summed E-state index contributed by atoms with van der Waals surface area (Å²) < 4.78 is 24.2. The molecule has 28 heavy (non-hydrogen) atoms. The molecule has 0 aromatic heterocycles. The van der Waals surface area contributed by atoms with Gasteiger partial charge in [-0.3, -0.25) is 4.99 Å². The van der Waals surface area contributed by atoms with Crippen LogP contribution in [0.2, 0.25) is 0 Å². The molecule has 0 unspecified atom stereocenters. The molecule has 2 aromatic rings. The van der Waals surface area contributed by atoms with Gasteiger partial charge in [0.2, 0.25) is 0 Å². The van der Waals surface area contributed by atoms with Gasteiger partial charge in [0.25, 0.3) is 0 Å². The number of sulfone groups is 1. The maximum atomic E-state index is 12.1. The third-order valence-corrected chi connectivity index (χ3v) is 8.16. The molecule has 2 atom stereocenters. The van der Waals surface area contributed by atoms with Crippen LogP contribution in [-0.2, 0) is 22.8 Å². The van der Waals surface area contributed by atoms with Crippen molar-refractivity contribution in [3.63, 3.8) is 0 Å². The standard InChI is InChI=1S/C22H26N2O2S2/c1-17-9-11-19(12-10-17)14-24-21-16-28(25,26)15-20(21)23-22(24)27-13-5-8-18-6-3-2-4-7-18/h2-4,6-7,9-12,20-21H,5,8,13-16H2,1H3/t20-,21-/m1/s1. The van der Waals surface area contributed by atoms with Crippen LogP contribution in [0.5, 0.6) is 0 Å². The zero-order valence-electron chi connectivity index (χ0n) is 16.1. The molecule has 0 amide bonds. The highest BCUT2D eigenvalue weighted by Gasteiger charge is 2.46. The number of hydrogen-bond donors (Lipinski definition) is 0.